The van der Waals surface area contributed by atoms with Crippen LogP contribution in [0.25, 0.3) is 0 Å². The molecular weight excluding hydrogens is 218 g/mol. The summed E-state index contributed by atoms with van der Waals surface area (Å²) in [5, 5.41) is 12.4. The van der Waals surface area contributed by atoms with Crippen LogP contribution in [0.1, 0.15) is 33.6 Å². The highest BCUT2D eigenvalue weighted by atomic mass is 16.5. The third kappa shape index (κ3) is 12.1. The van der Waals surface area contributed by atoms with Crippen LogP contribution < -0.4 is 5.32 Å². The second kappa shape index (κ2) is 12.3. The summed E-state index contributed by atoms with van der Waals surface area (Å²) in [4.78, 5) is 0. The second-order valence-corrected chi connectivity index (χ2v) is 4.70. The summed E-state index contributed by atoms with van der Waals surface area (Å²) in [6.07, 6.45) is 1.93. The summed E-state index contributed by atoms with van der Waals surface area (Å²) >= 11 is 0. The molecule has 1 unspecified atom stereocenters. The SMILES string of the molecule is CCCNC(CO)CCOCCOCC(C)C. The van der Waals surface area contributed by atoms with E-state index in [0.717, 1.165) is 26.0 Å². The minimum atomic E-state index is 0.159. The molecule has 0 spiro atoms. The fourth-order valence-corrected chi connectivity index (χ4v) is 1.37. The van der Waals surface area contributed by atoms with Crippen molar-refractivity contribution in [2.75, 3.05) is 39.6 Å². The summed E-state index contributed by atoms with van der Waals surface area (Å²) in [6, 6.07) is 0.159. The molecule has 0 aromatic rings. The highest BCUT2D eigenvalue weighted by Crippen LogP contribution is 1.94. The molecule has 0 rings (SSSR count). The van der Waals surface area contributed by atoms with Gasteiger partial charge >= 0.3 is 0 Å². The van der Waals surface area contributed by atoms with Gasteiger partial charge < -0.3 is 19.9 Å². The summed E-state index contributed by atoms with van der Waals surface area (Å²) < 4.78 is 10.9. The molecule has 4 heteroatoms. The van der Waals surface area contributed by atoms with Gasteiger partial charge in [0.05, 0.1) is 19.8 Å². The van der Waals surface area contributed by atoms with Crippen LogP contribution in [0.5, 0.6) is 0 Å². The van der Waals surface area contributed by atoms with Gasteiger partial charge in [-0.1, -0.05) is 20.8 Å². The van der Waals surface area contributed by atoms with Crippen molar-refractivity contribution in [2.24, 2.45) is 5.92 Å². The number of rotatable bonds is 12. The largest absolute Gasteiger partial charge is 0.395 e. The quantitative estimate of drug-likeness (QED) is 0.512. The van der Waals surface area contributed by atoms with Crippen molar-refractivity contribution in [2.45, 2.75) is 39.7 Å². The van der Waals surface area contributed by atoms with Crippen LogP contribution in [0, 0.1) is 5.92 Å². The lowest BCUT2D eigenvalue weighted by Gasteiger charge is -2.15. The number of hydrogen-bond acceptors (Lipinski definition) is 4. The molecule has 0 saturated heterocycles. The van der Waals surface area contributed by atoms with E-state index in [-0.39, 0.29) is 12.6 Å². The first-order valence-electron chi connectivity index (χ1n) is 6.70. The number of hydrogen-bond donors (Lipinski definition) is 2. The average molecular weight is 247 g/mol. The lowest BCUT2D eigenvalue weighted by atomic mass is 10.2. The Hall–Kier alpha value is -0.160. The van der Waals surface area contributed by atoms with Crippen LogP contribution in [0.2, 0.25) is 0 Å². The first-order valence-corrected chi connectivity index (χ1v) is 6.70. The molecule has 104 valence electrons. The number of aliphatic hydroxyl groups excluding tert-OH is 1. The first-order chi connectivity index (χ1) is 8.20. The van der Waals surface area contributed by atoms with Crippen molar-refractivity contribution in [3.8, 4) is 0 Å². The van der Waals surface area contributed by atoms with E-state index in [1.165, 1.54) is 0 Å². The van der Waals surface area contributed by atoms with Crippen molar-refractivity contribution >= 4 is 0 Å². The Balaban J connectivity index is 3.24. The molecule has 0 aliphatic heterocycles. The van der Waals surface area contributed by atoms with Crippen molar-refractivity contribution < 1.29 is 14.6 Å². The van der Waals surface area contributed by atoms with Gasteiger partial charge in [0.15, 0.2) is 0 Å². The monoisotopic (exact) mass is 247 g/mol. The van der Waals surface area contributed by atoms with Gasteiger partial charge in [0.1, 0.15) is 0 Å². The smallest absolute Gasteiger partial charge is 0.0700 e. The van der Waals surface area contributed by atoms with Crippen molar-refractivity contribution in [3.05, 3.63) is 0 Å². The second-order valence-electron chi connectivity index (χ2n) is 4.70. The van der Waals surface area contributed by atoms with Gasteiger partial charge in [-0.15, -0.1) is 0 Å². The zero-order chi connectivity index (χ0) is 12.9. The summed E-state index contributed by atoms with van der Waals surface area (Å²) in [6.45, 7) is 10.3. The van der Waals surface area contributed by atoms with E-state index in [0.29, 0.717) is 25.7 Å². The molecule has 0 aliphatic rings. The predicted octanol–water partition coefficient (Wildman–Crippen LogP) is 1.43. The topological polar surface area (TPSA) is 50.7 Å². The van der Waals surface area contributed by atoms with Crippen molar-refractivity contribution in [1.29, 1.82) is 0 Å². The molecule has 1 atom stereocenters. The highest BCUT2D eigenvalue weighted by Gasteiger charge is 2.05. The molecule has 0 aromatic heterocycles. The molecule has 0 bridgehead atoms. The molecule has 0 aromatic carbocycles. The Morgan fingerprint density at radius 2 is 1.82 bits per heavy atom. The van der Waals surface area contributed by atoms with Gasteiger partial charge in [-0.25, -0.2) is 0 Å². The Bertz CT molecular complexity index is 154. The van der Waals surface area contributed by atoms with Crippen molar-refractivity contribution in [1.82, 2.24) is 5.32 Å². The maximum absolute atomic E-state index is 9.11. The lowest BCUT2D eigenvalue weighted by molar-refractivity contribution is 0.0332. The molecule has 4 nitrogen and oxygen atoms in total. The van der Waals surface area contributed by atoms with Gasteiger partial charge in [-0.05, 0) is 25.3 Å². The molecule has 0 amide bonds. The van der Waals surface area contributed by atoms with Crippen LogP contribution in [-0.4, -0.2) is 50.7 Å². The van der Waals surface area contributed by atoms with E-state index < -0.39 is 0 Å². The summed E-state index contributed by atoms with van der Waals surface area (Å²) in [5.41, 5.74) is 0. The van der Waals surface area contributed by atoms with Crippen LogP contribution >= 0.6 is 0 Å². The molecule has 17 heavy (non-hydrogen) atoms. The Morgan fingerprint density at radius 3 is 2.41 bits per heavy atom. The minimum Gasteiger partial charge on any atom is -0.395 e. The van der Waals surface area contributed by atoms with Crippen molar-refractivity contribution in [3.63, 3.8) is 0 Å². The summed E-state index contributed by atoms with van der Waals surface area (Å²) in [7, 11) is 0. The zero-order valence-electron chi connectivity index (χ0n) is 11.6. The van der Waals surface area contributed by atoms with Crippen LogP contribution in [0.3, 0.4) is 0 Å². The normalized spacial score (nSPS) is 13.2. The molecule has 0 saturated carbocycles. The molecular formula is C13H29NO3. The Morgan fingerprint density at radius 1 is 1.12 bits per heavy atom. The van der Waals surface area contributed by atoms with E-state index in [2.05, 4.69) is 26.1 Å². The highest BCUT2D eigenvalue weighted by molar-refractivity contribution is 4.64. The fraction of sp³-hybridized carbons (Fsp3) is 1.00. The third-order valence-electron chi connectivity index (χ3n) is 2.34. The van der Waals surface area contributed by atoms with Gasteiger partial charge in [0, 0.05) is 19.3 Å². The van der Waals surface area contributed by atoms with Crippen LogP contribution in [0.15, 0.2) is 0 Å². The first kappa shape index (κ1) is 16.8. The maximum Gasteiger partial charge on any atom is 0.0700 e. The fourth-order valence-electron chi connectivity index (χ4n) is 1.37. The Kier molecular flexibility index (Phi) is 12.2. The van der Waals surface area contributed by atoms with Gasteiger partial charge in [0.2, 0.25) is 0 Å². The average Bonchev–Trinajstić information content (AvgIpc) is 2.31. The Labute approximate surface area is 106 Å². The van der Waals surface area contributed by atoms with Gasteiger partial charge in [0.25, 0.3) is 0 Å². The molecule has 0 aliphatic carbocycles. The number of aliphatic hydroxyl groups is 1. The van der Waals surface area contributed by atoms with E-state index >= 15 is 0 Å². The van der Waals surface area contributed by atoms with Gasteiger partial charge in [-0.2, -0.15) is 0 Å². The molecule has 0 heterocycles. The predicted molar refractivity (Wildman–Crippen MR) is 70.3 cm³/mol. The molecule has 2 N–H and O–H groups in total. The van der Waals surface area contributed by atoms with E-state index in [9.17, 15) is 0 Å². The number of ether oxygens (including phenoxy) is 2. The maximum atomic E-state index is 9.11. The number of nitrogens with one attached hydrogen (secondary N) is 1. The zero-order valence-corrected chi connectivity index (χ0v) is 11.6. The van der Waals surface area contributed by atoms with E-state index in [1.807, 2.05) is 0 Å². The van der Waals surface area contributed by atoms with Crippen LogP contribution in [-0.2, 0) is 9.47 Å². The minimum absolute atomic E-state index is 0.159. The lowest BCUT2D eigenvalue weighted by Crippen LogP contribution is -2.34. The van der Waals surface area contributed by atoms with Gasteiger partial charge in [-0.3, -0.25) is 0 Å². The summed E-state index contributed by atoms with van der Waals surface area (Å²) in [5.74, 6) is 0.576. The standard InChI is InChI=1S/C13H29NO3/c1-4-6-14-13(10-15)5-7-16-8-9-17-11-12(2)3/h12-15H,4-11H2,1-3H3. The van der Waals surface area contributed by atoms with E-state index in [1.54, 1.807) is 0 Å². The van der Waals surface area contributed by atoms with Crippen LogP contribution in [0.4, 0.5) is 0 Å². The van der Waals surface area contributed by atoms with E-state index in [4.69, 9.17) is 14.6 Å². The third-order valence-corrected chi connectivity index (χ3v) is 2.34. The molecule has 0 radical (unpaired) electrons. The molecule has 0 fully saturated rings.